The van der Waals surface area contributed by atoms with E-state index in [1.165, 1.54) is 23.0 Å². The van der Waals surface area contributed by atoms with Gasteiger partial charge in [0.1, 0.15) is 5.82 Å². The van der Waals surface area contributed by atoms with Crippen molar-refractivity contribution >= 4 is 61.9 Å². The number of carbonyl (C=O) groups is 1. The molecule has 4 rings (SSSR count). The van der Waals surface area contributed by atoms with Gasteiger partial charge in [0.15, 0.2) is 12.4 Å². The van der Waals surface area contributed by atoms with Crippen molar-refractivity contribution in [2.45, 2.75) is 26.2 Å². The first kappa shape index (κ1) is 27.9. The van der Waals surface area contributed by atoms with Crippen molar-refractivity contribution in [2.75, 3.05) is 11.9 Å². The number of benzene rings is 3. The Labute approximate surface area is 236 Å². The Kier molecular flexibility index (Phi) is 8.72. The van der Waals surface area contributed by atoms with Gasteiger partial charge in [-0.25, -0.2) is 4.98 Å². The lowest BCUT2D eigenvalue weighted by molar-refractivity contribution is -0.385. The van der Waals surface area contributed by atoms with Gasteiger partial charge in [0, 0.05) is 32.7 Å². The molecule has 0 fully saturated rings. The molecule has 0 spiro atoms. The SMILES string of the molecule is CC[C@@H](C)c1nc2ccc(Br)cc2c(=O)n1N=Cc1ccc(OCC(=O)Nc2ccc(Cl)cc2)c([N+](=O)[O-])c1. The predicted molar refractivity (Wildman–Crippen MR) is 154 cm³/mol. The third-order valence-corrected chi connectivity index (χ3v) is 6.62. The summed E-state index contributed by atoms with van der Waals surface area (Å²) in [6, 6.07) is 15.9. The number of nitro groups is 1. The third-order valence-electron chi connectivity index (χ3n) is 5.88. The maximum Gasteiger partial charge on any atom is 0.311 e. The normalized spacial score (nSPS) is 12.0. The molecule has 200 valence electrons. The highest BCUT2D eigenvalue weighted by Crippen LogP contribution is 2.28. The van der Waals surface area contributed by atoms with E-state index in [0.29, 0.717) is 33.0 Å². The highest BCUT2D eigenvalue weighted by Gasteiger charge is 2.18. The van der Waals surface area contributed by atoms with Crippen molar-refractivity contribution in [2.24, 2.45) is 5.10 Å². The van der Waals surface area contributed by atoms with Crippen LogP contribution < -0.4 is 15.6 Å². The van der Waals surface area contributed by atoms with E-state index in [2.05, 4.69) is 31.3 Å². The second-order valence-corrected chi connectivity index (χ2v) is 9.98. The Morgan fingerprint density at radius 2 is 1.97 bits per heavy atom. The summed E-state index contributed by atoms with van der Waals surface area (Å²) in [5.41, 5.74) is 0.720. The van der Waals surface area contributed by atoms with Gasteiger partial charge in [0.05, 0.1) is 22.0 Å². The summed E-state index contributed by atoms with van der Waals surface area (Å²) in [5, 5.41) is 19.6. The highest BCUT2D eigenvalue weighted by atomic mass is 79.9. The van der Waals surface area contributed by atoms with Crippen molar-refractivity contribution < 1.29 is 14.5 Å². The second kappa shape index (κ2) is 12.2. The lowest BCUT2D eigenvalue weighted by Gasteiger charge is -2.14. The zero-order chi connectivity index (χ0) is 28.1. The fraction of sp³-hybridized carbons (Fsp3) is 0.185. The first-order valence-corrected chi connectivity index (χ1v) is 13.1. The number of carbonyl (C=O) groups excluding carboxylic acids is 1. The van der Waals surface area contributed by atoms with Gasteiger partial charge >= 0.3 is 5.69 Å². The molecular formula is C27H23BrClN5O5. The molecule has 3 aromatic carbocycles. The Bertz CT molecular complexity index is 1640. The van der Waals surface area contributed by atoms with E-state index < -0.39 is 17.4 Å². The lowest BCUT2D eigenvalue weighted by Crippen LogP contribution is -2.23. The fourth-order valence-corrected chi connectivity index (χ4v) is 4.14. The molecule has 1 amide bonds. The van der Waals surface area contributed by atoms with Crippen LogP contribution >= 0.6 is 27.5 Å². The number of fused-ring (bicyclic) bond motifs is 1. The minimum atomic E-state index is -0.615. The number of ether oxygens (including phenoxy) is 1. The average molecular weight is 613 g/mol. The van der Waals surface area contributed by atoms with Crippen LogP contribution in [0.5, 0.6) is 5.75 Å². The molecule has 1 aromatic heterocycles. The van der Waals surface area contributed by atoms with E-state index >= 15 is 0 Å². The molecule has 0 aliphatic heterocycles. The van der Waals surface area contributed by atoms with Crippen LogP contribution in [0.4, 0.5) is 11.4 Å². The van der Waals surface area contributed by atoms with Crippen LogP contribution in [0.2, 0.25) is 5.02 Å². The van der Waals surface area contributed by atoms with Crippen LogP contribution in [0.25, 0.3) is 10.9 Å². The molecule has 0 aliphatic carbocycles. The molecule has 12 heteroatoms. The van der Waals surface area contributed by atoms with Crippen molar-refractivity contribution in [1.29, 1.82) is 0 Å². The standard InChI is InChI=1S/C27H23BrClN5O5/c1-3-16(2)26-32-22-10-5-18(28)13-21(22)27(36)33(26)30-14-17-4-11-24(23(12-17)34(37)38)39-15-25(35)31-20-8-6-19(29)7-9-20/h4-14,16H,3,15H2,1-2H3,(H,31,35)/t16-/m1/s1. The summed E-state index contributed by atoms with van der Waals surface area (Å²) in [4.78, 5) is 41.3. The molecule has 0 saturated carbocycles. The van der Waals surface area contributed by atoms with Crippen LogP contribution in [-0.2, 0) is 4.79 Å². The molecule has 1 N–H and O–H groups in total. The van der Waals surface area contributed by atoms with Gasteiger partial charge in [-0.3, -0.25) is 19.7 Å². The number of amides is 1. The van der Waals surface area contributed by atoms with Crippen LogP contribution in [0.3, 0.4) is 0 Å². The minimum Gasteiger partial charge on any atom is -0.477 e. The smallest absolute Gasteiger partial charge is 0.311 e. The molecule has 0 saturated heterocycles. The monoisotopic (exact) mass is 611 g/mol. The fourth-order valence-electron chi connectivity index (χ4n) is 3.66. The molecule has 39 heavy (non-hydrogen) atoms. The topological polar surface area (TPSA) is 129 Å². The Morgan fingerprint density at radius 3 is 2.67 bits per heavy atom. The number of nitrogens with zero attached hydrogens (tertiary/aromatic N) is 4. The zero-order valence-electron chi connectivity index (χ0n) is 20.9. The summed E-state index contributed by atoms with van der Waals surface area (Å²) in [6.45, 7) is 3.48. The molecule has 10 nitrogen and oxygen atoms in total. The largest absolute Gasteiger partial charge is 0.477 e. The van der Waals surface area contributed by atoms with Crippen molar-refractivity contribution in [3.05, 3.63) is 102 Å². The number of halogens is 2. The van der Waals surface area contributed by atoms with Crippen molar-refractivity contribution in [3.63, 3.8) is 0 Å². The zero-order valence-corrected chi connectivity index (χ0v) is 23.3. The third kappa shape index (κ3) is 6.68. The van der Waals surface area contributed by atoms with Gasteiger partial charge in [-0.15, -0.1) is 0 Å². The van der Waals surface area contributed by atoms with Gasteiger partial charge in [0.25, 0.3) is 11.5 Å². The van der Waals surface area contributed by atoms with Crippen LogP contribution in [0.1, 0.15) is 37.6 Å². The molecular weight excluding hydrogens is 590 g/mol. The average Bonchev–Trinajstić information content (AvgIpc) is 2.92. The molecule has 1 atom stereocenters. The van der Waals surface area contributed by atoms with E-state index in [0.717, 1.165) is 10.9 Å². The lowest BCUT2D eigenvalue weighted by atomic mass is 10.1. The number of rotatable bonds is 9. The molecule has 0 aliphatic rings. The second-order valence-electron chi connectivity index (χ2n) is 8.63. The molecule has 0 unspecified atom stereocenters. The molecule has 4 aromatic rings. The van der Waals surface area contributed by atoms with Crippen LogP contribution in [-0.4, -0.2) is 33.3 Å². The van der Waals surface area contributed by atoms with Crippen molar-refractivity contribution in [1.82, 2.24) is 9.66 Å². The van der Waals surface area contributed by atoms with Crippen molar-refractivity contribution in [3.8, 4) is 5.75 Å². The summed E-state index contributed by atoms with van der Waals surface area (Å²) in [5.74, 6) is -0.163. The predicted octanol–water partition coefficient (Wildman–Crippen LogP) is 6.13. The van der Waals surface area contributed by atoms with Crippen LogP contribution in [0.15, 0.2) is 75.0 Å². The molecule has 1 heterocycles. The van der Waals surface area contributed by atoms with E-state index in [4.69, 9.17) is 16.3 Å². The van der Waals surface area contributed by atoms with Gasteiger partial charge < -0.3 is 10.1 Å². The van der Waals surface area contributed by atoms with E-state index in [-0.39, 0.29) is 22.9 Å². The quantitative estimate of drug-likeness (QED) is 0.137. The maximum absolute atomic E-state index is 13.3. The Morgan fingerprint density at radius 1 is 1.23 bits per heavy atom. The summed E-state index contributed by atoms with van der Waals surface area (Å²) < 4.78 is 7.38. The summed E-state index contributed by atoms with van der Waals surface area (Å²) >= 11 is 9.22. The van der Waals surface area contributed by atoms with E-state index in [1.54, 1.807) is 42.5 Å². The van der Waals surface area contributed by atoms with Gasteiger partial charge in [-0.05, 0) is 61.0 Å². The first-order valence-electron chi connectivity index (χ1n) is 11.9. The minimum absolute atomic E-state index is 0.0629. The number of anilines is 1. The van der Waals surface area contributed by atoms with Gasteiger partial charge in [0.2, 0.25) is 0 Å². The number of aromatic nitrogens is 2. The van der Waals surface area contributed by atoms with E-state index in [1.807, 2.05) is 19.9 Å². The van der Waals surface area contributed by atoms with Crippen LogP contribution in [0, 0.1) is 10.1 Å². The highest BCUT2D eigenvalue weighted by molar-refractivity contribution is 9.10. The van der Waals surface area contributed by atoms with E-state index in [9.17, 15) is 19.7 Å². The Balaban J connectivity index is 1.59. The number of hydrogen-bond acceptors (Lipinski definition) is 7. The number of nitro benzene ring substituents is 1. The Hall–Kier alpha value is -4.09. The first-order chi connectivity index (χ1) is 18.7. The van der Waals surface area contributed by atoms with Gasteiger partial charge in [-0.2, -0.15) is 9.78 Å². The molecule has 0 bridgehead atoms. The number of nitrogens with one attached hydrogen (secondary N) is 1. The number of hydrogen-bond donors (Lipinski definition) is 1. The van der Waals surface area contributed by atoms with Gasteiger partial charge in [-0.1, -0.05) is 41.4 Å². The summed E-state index contributed by atoms with van der Waals surface area (Å²) in [7, 11) is 0. The summed E-state index contributed by atoms with van der Waals surface area (Å²) in [6.07, 6.45) is 2.08. The molecule has 0 radical (unpaired) electrons. The maximum atomic E-state index is 13.3.